The minimum atomic E-state index is -4.35. The highest BCUT2D eigenvalue weighted by Gasteiger charge is 2.29. The van der Waals surface area contributed by atoms with Gasteiger partial charge in [-0.3, -0.25) is 0 Å². The molecule has 0 fully saturated rings. The maximum Gasteiger partial charge on any atom is 0.416 e. The third-order valence-corrected chi connectivity index (χ3v) is 3.30. The number of halogens is 4. The minimum absolute atomic E-state index is 0.298. The quantitative estimate of drug-likeness (QED) is 0.679. The number of benzene rings is 2. The molecule has 2 aromatic carbocycles. The maximum absolute atomic E-state index is 12.9. The Hall–Kier alpha value is -2.70. The minimum Gasteiger partial charge on any atom is -0.247 e. The van der Waals surface area contributed by atoms with Gasteiger partial charge >= 0.3 is 6.18 Å². The van der Waals surface area contributed by atoms with Crippen molar-refractivity contribution in [2.75, 3.05) is 0 Å². The average Bonchev–Trinajstić information content (AvgIpc) is 2.96. The summed E-state index contributed by atoms with van der Waals surface area (Å²) in [5.41, 5.74) is 1.27. The fourth-order valence-electron chi connectivity index (χ4n) is 2.11. The highest BCUT2D eigenvalue weighted by Crippen LogP contribution is 2.29. The van der Waals surface area contributed by atoms with Crippen molar-refractivity contribution >= 4 is 0 Å². The van der Waals surface area contributed by atoms with Crippen molar-refractivity contribution in [3.8, 4) is 11.3 Å². The van der Waals surface area contributed by atoms with Crippen LogP contribution in [0, 0.1) is 5.82 Å². The second-order valence-electron chi connectivity index (χ2n) is 5.00. The molecule has 3 nitrogen and oxygen atoms in total. The largest absolute Gasteiger partial charge is 0.416 e. The molecule has 0 bridgehead atoms. The van der Waals surface area contributed by atoms with Crippen LogP contribution in [0.2, 0.25) is 0 Å². The first-order valence-corrected chi connectivity index (χ1v) is 6.74. The van der Waals surface area contributed by atoms with Crippen LogP contribution < -0.4 is 0 Å². The number of rotatable bonds is 3. The van der Waals surface area contributed by atoms with Gasteiger partial charge < -0.3 is 0 Å². The van der Waals surface area contributed by atoms with Gasteiger partial charge in [-0.1, -0.05) is 17.3 Å². The number of hydrogen-bond acceptors (Lipinski definition) is 2. The van der Waals surface area contributed by atoms with E-state index in [-0.39, 0.29) is 5.82 Å². The third-order valence-electron chi connectivity index (χ3n) is 3.30. The molecule has 0 atom stereocenters. The first kappa shape index (κ1) is 15.2. The van der Waals surface area contributed by atoms with Crippen LogP contribution >= 0.6 is 0 Å². The Morgan fingerprint density at radius 1 is 0.913 bits per heavy atom. The first-order chi connectivity index (χ1) is 10.9. The van der Waals surface area contributed by atoms with E-state index in [0.717, 1.165) is 12.1 Å². The molecule has 0 N–H and O–H groups in total. The maximum atomic E-state index is 12.9. The van der Waals surface area contributed by atoms with Gasteiger partial charge in [0.2, 0.25) is 0 Å². The summed E-state index contributed by atoms with van der Waals surface area (Å²) in [6.07, 6.45) is -2.69. The smallest absolute Gasteiger partial charge is 0.247 e. The van der Waals surface area contributed by atoms with Crippen molar-refractivity contribution in [2.24, 2.45) is 0 Å². The Bertz CT molecular complexity index is 789. The lowest BCUT2D eigenvalue weighted by Crippen LogP contribution is -2.05. The summed E-state index contributed by atoms with van der Waals surface area (Å²) in [4.78, 5) is 0. The van der Waals surface area contributed by atoms with Gasteiger partial charge in [-0.05, 0) is 42.0 Å². The van der Waals surface area contributed by atoms with Crippen molar-refractivity contribution < 1.29 is 17.6 Å². The molecule has 1 aromatic heterocycles. The standard InChI is InChI=1S/C16H11F4N3/c17-14-7-3-12(4-8-14)15-10-23(22-21-15)9-11-1-5-13(6-2-11)16(18,19)20/h1-8,10H,9H2. The van der Waals surface area contributed by atoms with Gasteiger partial charge in [-0.2, -0.15) is 13.2 Å². The Morgan fingerprint density at radius 3 is 2.17 bits per heavy atom. The highest BCUT2D eigenvalue weighted by molar-refractivity contribution is 5.57. The topological polar surface area (TPSA) is 30.7 Å². The molecule has 0 radical (unpaired) electrons. The van der Waals surface area contributed by atoms with Crippen LogP contribution in [0.5, 0.6) is 0 Å². The molecule has 7 heteroatoms. The molecule has 0 aliphatic heterocycles. The monoisotopic (exact) mass is 321 g/mol. The number of hydrogen-bond donors (Lipinski definition) is 0. The fraction of sp³-hybridized carbons (Fsp3) is 0.125. The molecule has 0 saturated heterocycles. The third kappa shape index (κ3) is 3.56. The van der Waals surface area contributed by atoms with E-state index in [1.165, 1.54) is 28.9 Å². The molecule has 0 saturated carbocycles. The predicted molar refractivity (Wildman–Crippen MR) is 76.0 cm³/mol. The lowest BCUT2D eigenvalue weighted by Gasteiger charge is -2.07. The predicted octanol–water partition coefficient (Wildman–Crippen LogP) is 4.15. The molecule has 0 aliphatic rings. The summed E-state index contributed by atoms with van der Waals surface area (Å²) < 4.78 is 51.9. The van der Waals surface area contributed by atoms with Gasteiger partial charge in [-0.15, -0.1) is 5.10 Å². The molecule has 0 unspecified atom stereocenters. The van der Waals surface area contributed by atoms with E-state index in [1.54, 1.807) is 18.3 Å². The Morgan fingerprint density at radius 2 is 1.57 bits per heavy atom. The molecule has 3 aromatic rings. The second-order valence-corrected chi connectivity index (χ2v) is 5.00. The van der Waals surface area contributed by atoms with Crippen LogP contribution in [0.25, 0.3) is 11.3 Å². The van der Waals surface area contributed by atoms with E-state index >= 15 is 0 Å². The summed E-state index contributed by atoms with van der Waals surface area (Å²) in [6.45, 7) is 0.298. The fourth-order valence-corrected chi connectivity index (χ4v) is 2.11. The molecule has 0 aliphatic carbocycles. The van der Waals surface area contributed by atoms with E-state index in [2.05, 4.69) is 10.3 Å². The van der Waals surface area contributed by atoms with Crippen LogP contribution in [0.3, 0.4) is 0 Å². The highest BCUT2D eigenvalue weighted by atomic mass is 19.4. The first-order valence-electron chi connectivity index (χ1n) is 6.74. The molecule has 3 rings (SSSR count). The molecule has 23 heavy (non-hydrogen) atoms. The van der Waals surface area contributed by atoms with Gasteiger partial charge in [0.1, 0.15) is 11.5 Å². The van der Waals surface area contributed by atoms with E-state index in [0.29, 0.717) is 23.4 Å². The molecule has 0 amide bonds. The van der Waals surface area contributed by atoms with Crippen molar-refractivity contribution in [1.82, 2.24) is 15.0 Å². The lowest BCUT2D eigenvalue weighted by molar-refractivity contribution is -0.137. The average molecular weight is 321 g/mol. The zero-order valence-corrected chi connectivity index (χ0v) is 11.8. The van der Waals surface area contributed by atoms with Crippen LogP contribution in [-0.2, 0) is 12.7 Å². The summed E-state index contributed by atoms with van der Waals surface area (Å²) in [7, 11) is 0. The molecular weight excluding hydrogens is 310 g/mol. The summed E-state index contributed by atoms with van der Waals surface area (Å²) in [5, 5.41) is 7.91. The summed E-state index contributed by atoms with van der Waals surface area (Å²) >= 11 is 0. The van der Waals surface area contributed by atoms with Crippen molar-refractivity contribution in [3.63, 3.8) is 0 Å². The van der Waals surface area contributed by atoms with Crippen molar-refractivity contribution in [3.05, 3.63) is 71.7 Å². The lowest BCUT2D eigenvalue weighted by atomic mass is 10.1. The number of aromatic nitrogens is 3. The number of nitrogens with zero attached hydrogens (tertiary/aromatic N) is 3. The Balaban J connectivity index is 1.75. The van der Waals surface area contributed by atoms with Gasteiger partial charge in [0.15, 0.2) is 0 Å². The van der Waals surface area contributed by atoms with Crippen LogP contribution in [-0.4, -0.2) is 15.0 Å². The Kier molecular flexibility index (Phi) is 3.85. The molecule has 0 spiro atoms. The Labute approximate surface area is 129 Å². The van der Waals surface area contributed by atoms with Crippen LogP contribution in [0.4, 0.5) is 17.6 Å². The SMILES string of the molecule is Fc1ccc(-c2cn(Cc3ccc(C(F)(F)F)cc3)nn2)cc1. The summed E-state index contributed by atoms with van der Waals surface area (Å²) in [5.74, 6) is -0.342. The van der Waals surface area contributed by atoms with E-state index < -0.39 is 11.7 Å². The molecule has 118 valence electrons. The second kappa shape index (κ2) is 5.83. The van der Waals surface area contributed by atoms with E-state index in [4.69, 9.17) is 0 Å². The van der Waals surface area contributed by atoms with E-state index in [9.17, 15) is 17.6 Å². The van der Waals surface area contributed by atoms with E-state index in [1.807, 2.05) is 0 Å². The van der Waals surface area contributed by atoms with Gasteiger partial charge in [-0.25, -0.2) is 9.07 Å². The van der Waals surface area contributed by atoms with Crippen molar-refractivity contribution in [2.45, 2.75) is 12.7 Å². The van der Waals surface area contributed by atoms with Crippen molar-refractivity contribution in [1.29, 1.82) is 0 Å². The zero-order chi connectivity index (χ0) is 16.4. The molecule has 1 heterocycles. The zero-order valence-electron chi connectivity index (χ0n) is 11.8. The number of alkyl halides is 3. The normalized spacial score (nSPS) is 11.7. The van der Waals surface area contributed by atoms with Gasteiger partial charge in [0.05, 0.1) is 18.3 Å². The summed E-state index contributed by atoms with van der Waals surface area (Å²) in [6, 6.07) is 10.7. The van der Waals surface area contributed by atoms with Gasteiger partial charge in [0.25, 0.3) is 0 Å². The van der Waals surface area contributed by atoms with Crippen LogP contribution in [0.15, 0.2) is 54.7 Å². The van der Waals surface area contributed by atoms with Gasteiger partial charge in [0, 0.05) is 5.56 Å². The molecular formula is C16H11F4N3. The van der Waals surface area contributed by atoms with Crippen LogP contribution in [0.1, 0.15) is 11.1 Å².